The molecular weight excluding hydrogens is 307 g/mol. The predicted molar refractivity (Wildman–Crippen MR) is 80.8 cm³/mol. The maximum atomic E-state index is 12.8. The van der Waals surface area contributed by atoms with E-state index in [1.807, 2.05) is 13.8 Å². The first kappa shape index (κ1) is 17.8. The van der Waals surface area contributed by atoms with Gasteiger partial charge in [-0.1, -0.05) is 32.0 Å². The second-order valence-electron chi connectivity index (χ2n) is 6.65. The number of hydrogen-bond acceptors (Lipinski definition) is 2. The number of nitrogens with one attached hydrogen (secondary N) is 1. The van der Waals surface area contributed by atoms with Gasteiger partial charge in [0.25, 0.3) is 0 Å². The number of amides is 1. The number of benzene rings is 1. The van der Waals surface area contributed by atoms with Gasteiger partial charge in [-0.2, -0.15) is 13.2 Å². The van der Waals surface area contributed by atoms with E-state index in [0.717, 1.165) is 18.9 Å². The van der Waals surface area contributed by atoms with Gasteiger partial charge < -0.3 is 10.4 Å². The number of aliphatic hydroxyl groups is 1. The Balaban J connectivity index is 1.99. The highest BCUT2D eigenvalue weighted by Gasteiger charge is 2.45. The predicted octanol–water partition coefficient (Wildman–Crippen LogP) is 3.26. The van der Waals surface area contributed by atoms with Gasteiger partial charge in [0.2, 0.25) is 5.91 Å². The molecule has 1 aliphatic carbocycles. The fourth-order valence-electron chi connectivity index (χ4n) is 2.51. The van der Waals surface area contributed by atoms with E-state index in [1.54, 1.807) is 6.07 Å². The molecule has 3 nitrogen and oxygen atoms in total. The minimum Gasteiger partial charge on any atom is -0.392 e. The lowest BCUT2D eigenvalue weighted by atomic mass is 9.94. The Morgan fingerprint density at radius 1 is 1.35 bits per heavy atom. The summed E-state index contributed by atoms with van der Waals surface area (Å²) in [5, 5.41) is 12.4. The molecule has 0 aliphatic heterocycles. The molecule has 1 amide bonds. The number of carbonyl (C=O) groups excluding carboxylic acids is 1. The van der Waals surface area contributed by atoms with Gasteiger partial charge in [0.1, 0.15) is 0 Å². The summed E-state index contributed by atoms with van der Waals surface area (Å²) in [6.07, 6.45) is -3.56. The van der Waals surface area contributed by atoms with Crippen molar-refractivity contribution in [3.63, 3.8) is 0 Å². The van der Waals surface area contributed by atoms with Gasteiger partial charge in [-0.05, 0) is 30.4 Å². The van der Waals surface area contributed by atoms with E-state index in [0.29, 0.717) is 12.1 Å². The van der Waals surface area contributed by atoms with Crippen molar-refractivity contribution in [2.75, 3.05) is 6.54 Å². The molecule has 0 saturated heterocycles. The number of halogens is 3. The molecule has 2 rings (SSSR count). The highest BCUT2D eigenvalue weighted by Crippen LogP contribution is 2.48. The van der Waals surface area contributed by atoms with Crippen LogP contribution in [0.25, 0.3) is 0 Å². The van der Waals surface area contributed by atoms with E-state index in [4.69, 9.17) is 0 Å². The molecule has 1 saturated carbocycles. The molecule has 0 heterocycles. The average molecular weight is 329 g/mol. The van der Waals surface area contributed by atoms with Gasteiger partial charge in [-0.25, -0.2) is 0 Å². The van der Waals surface area contributed by atoms with Gasteiger partial charge in [0, 0.05) is 12.0 Å². The van der Waals surface area contributed by atoms with E-state index in [-0.39, 0.29) is 18.2 Å². The maximum Gasteiger partial charge on any atom is 0.416 e. The molecule has 1 aliphatic rings. The van der Waals surface area contributed by atoms with Crippen LogP contribution in [0.15, 0.2) is 24.3 Å². The minimum atomic E-state index is -4.36. The topological polar surface area (TPSA) is 49.3 Å². The Hall–Kier alpha value is -1.56. The third-order valence-electron chi connectivity index (χ3n) is 4.44. The molecule has 1 unspecified atom stereocenters. The van der Waals surface area contributed by atoms with Crippen molar-refractivity contribution in [2.24, 2.45) is 5.92 Å². The second-order valence-corrected chi connectivity index (χ2v) is 6.65. The molecule has 2 N–H and O–H groups in total. The van der Waals surface area contributed by atoms with Gasteiger partial charge in [-0.3, -0.25) is 4.79 Å². The molecule has 6 heteroatoms. The lowest BCUT2D eigenvalue weighted by Gasteiger charge is -2.19. The highest BCUT2D eigenvalue weighted by atomic mass is 19.4. The quantitative estimate of drug-likeness (QED) is 0.842. The normalized spacial score (nSPS) is 17.9. The standard InChI is InChI=1S/C17H22F3NO2/c1-11(2)14(22)9-15(23)21-10-16(6-7-16)12-4-3-5-13(8-12)17(18,19)20/h3-5,8,11,14,22H,6-7,9-10H2,1-2H3,(H,21,23). The summed E-state index contributed by atoms with van der Waals surface area (Å²) in [6, 6.07) is 5.30. The monoisotopic (exact) mass is 329 g/mol. The zero-order valence-electron chi connectivity index (χ0n) is 13.3. The average Bonchev–Trinajstić information content (AvgIpc) is 3.25. The number of rotatable bonds is 6. The third-order valence-corrected chi connectivity index (χ3v) is 4.44. The van der Waals surface area contributed by atoms with Crippen LogP contribution in [0, 0.1) is 5.92 Å². The lowest BCUT2D eigenvalue weighted by Crippen LogP contribution is -2.35. The van der Waals surface area contributed by atoms with Gasteiger partial charge in [0.15, 0.2) is 0 Å². The zero-order valence-corrected chi connectivity index (χ0v) is 13.3. The minimum absolute atomic E-state index is 0.0103. The fraction of sp³-hybridized carbons (Fsp3) is 0.588. The summed E-state index contributed by atoms with van der Waals surface area (Å²) < 4.78 is 38.4. The van der Waals surface area contributed by atoms with Crippen LogP contribution in [-0.4, -0.2) is 23.7 Å². The van der Waals surface area contributed by atoms with Crippen molar-refractivity contribution in [2.45, 2.75) is 50.8 Å². The maximum absolute atomic E-state index is 12.8. The molecule has 0 radical (unpaired) electrons. The summed E-state index contributed by atoms with van der Waals surface area (Å²) >= 11 is 0. The van der Waals surface area contributed by atoms with Crippen molar-refractivity contribution < 1.29 is 23.1 Å². The number of aliphatic hydroxyl groups excluding tert-OH is 1. The van der Waals surface area contributed by atoms with Gasteiger partial charge in [-0.15, -0.1) is 0 Å². The number of hydrogen-bond donors (Lipinski definition) is 2. The van der Waals surface area contributed by atoms with E-state index in [1.165, 1.54) is 12.1 Å². The first-order valence-electron chi connectivity index (χ1n) is 7.76. The molecule has 1 aromatic carbocycles. The molecule has 1 aromatic rings. The Kier molecular flexibility index (Phi) is 5.04. The van der Waals surface area contributed by atoms with Crippen LogP contribution in [0.5, 0.6) is 0 Å². The number of alkyl halides is 3. The Morgan fingerprint density at radius 2 is 2.00 bits per heavy atom. The first-order chi connectivity index (χ1) is 10.6. The van der Waals surface area contributed by atoms with Crippen LogP contribution in [0.2, 0.25) is 0 Å². The van der Waals surface area contributed by atoms with E-state index in [9.17, 15) is 23.1 Å². The highest BCUT2D eigenvalue weighted by molar-refractivity contribution is 5.76. The Labute approximate surface area is 133 Å². The largest absolute Gasteiger partial charge is 0.416 e. The smallest absolute Gasteiger partial charge is 0.392 e. The van der Waals surface area contributed by atoms with Gasteiger partial charge >= 0.3 is 6.18 Å². The Bertz CT molecular complexity index is 565. The summed E-state index contributed by atoms with van der Waals surface area (Å²) in [7, 11) is 0. The van der Waals surface area contributed by atoms with Crippen LogP contribution in [0.1, 0.15) is 44.2 Å². The first-order valence-corrected chi connectivity index (χ1v) is 7.76. The molecule has 23 heavy (non-hydrogen) atoms. The molecule has 0 aromatic heterocycles. The van der Waals surface area contributed by atoms with Crippen LogP contribution in [0.4, 0.5) is 13.2 Å². The number of carbonyl (C=O) groups is 1. The van der Waals surface area contributed by atoms with E-state index < -0.39 is 23.3 Å². The van der Waals surface area contributed by atoms with Crippen LogP contribution in [-0.2, 0) is 16.4 Å². The summed E-state index contributed by atoms with van der Waals surface area (Å²) in [5.74, 6) is -0.288. The van der Waals surface area contributed by atoms with Crippen LogP contribution < -0.4 is 5.32 Å². The lowest BCUT2D eigenvalue weighted by molar-refractivity contribution is -0.137. The molecule has 1 fully saturated rings. The van der Waals surface area contributed by atoms with Crippen molar-refractivity contribution in [1.82, 2.24) is 5.32 Å². The molecule has 1 atom stereocenters. The van der Waals surface area contributed by atoms with Crippen molar-refractivity contribution in [3.8, 4) is 0 Å². The third kappa shape index (κ3) is 4.47. The van der Waals surface area contributed by atoms with Crippen LogP contribution in [0.3, 0.4) is 0 Å². The van der Waals surface area contributed by atoms with Crippen molar-refractivity contribution in [3.05, 3.63) is 35.4 Å². The SMILES string of the molecule is CC(C)C(O)CC(=O)NCC1(c2cccc(C(F)(F)F)c2)CC1. The van der Waals surface area contributed by atoms with Crippen molar-refractivity contribution in [1.29, 1.82) is 0 Å². The van der Waals surface area contributed by atoms with Gasteiger partial charge in [0.05, 0.1) is 18.1 Å². The molecule has 128 valence electrons. The molecule has 0 bridgehead atoms. The molecule has 0 spiro atoms. The summed E-state index contributed by atoms with van der Waals surface area (Å²) in [5.41, 5.74) is -0.459. The zero-order chi connectivity index (χ0) is 17.3. The Morgan fingerprint density at radius 3 is 2.52 bits per heavy atom. The fourth-order valence-corrected chi connectivity index (χ4v) is 2.51. The van der Waals surface area contributed by atoms with E-state index in [2.05, 4.69) is 5.32 Å². The molecular formula is C17H22F3NO2. The second kappa shape index (κ2) is 6.51. The van der Waals surface area contributed by atoms with E-state index >= 15 is 0 Å². The van der Waals surface area contributed by atoms with Crippen LogP contribution >= 0.6 is 0 Å². The summed E-state index contributed by atoms with van der Waals surface area (Å²) in [6.45, 7) is 3.95. The summed E-state index contributed by atoms with van der Waals surface area (Å²) in [4.78, 5) is 11.8. The van der Waals surface area contributed by atoms with Crippen molar-refractivity contribution >= 4 is 5.91 Å².